The van der Waals surface area contributed by atoms with Gasteiger partial charge in [-0.2, -0.15) is 4.98 Å². The lowest BCUT2D eigenvalue weighted by molar-refractivity contribution is 0.284. The number of nitrogens with zero attached hydrogens (tertiary/aromatic N) is 2. The van der Waals surface area contributed by atoms with Crippen LogP contribution in [0.5, 0.6) is 5.75 Å². The molecule has 6 heteroatoms. The number of benzene rings is 1. The highest BCUT2D eigenvalue weighted by Gasteiger charge is 2.07. The van der Waals surface area contributed by atoms with Crippen LogP contribution >= 0.6 is 11.6 Å². The molecule has 4 nitrogen and oxygen atoms in total. The molecule has 2 aromatic rings. The zero-order valence-corrected chi connectivity index (χ0v) is 10.6. The molecule has 0 spiro atoms. The van der Waals surface area contributed by atoms with Gasteiger partial charge in [0.05, 0.1) is 5.02 Å². The van der Waals surface area contributed by atoms with Crippen LogP contribution in [0, 0.1) is 5.82 Å². The van der Waals surface area contributed by atoms with E-state index < -0.39 is 5.82 Å². The molecular weight excluding hydrogens is 259 g/mol. The Hall–Kier alpha value is -1.62. The molecule has 0 N–H and O–H groups in total. The average molecular weight is 271 g/mol. The summed E-state index contributed by atoms with van der Waals surface area (Å²) < 4.78 is 23.5. The van der Waals surface area contributed by atoms with Crippen molar-refractivity contribution in [2.24, 2.45) is 0 Å². The number of halogens is 2. The summed E-state index contributed by atoms with van der Waals surface area (Å²) in [6.07, 6.45) is 1.67. The van der Waals surface area contributed by atoms with Gasteiger partial charge in [-0.15, -0.1) is 0 Å². The molecule has 0 aliphatic heterocycles. The fourth-order valence-electron chi connectivity index (χ4n) is 1.38. The maximum absolute atomic E-state index is 13.1. The lowest BCUT2D eigenvalue weighted by atomic mass is 10.3. The Morgan fingerprint density at radius 3 is 3.00 bits per heavy atom. The van der Waals surface area contributed by atoms with Gasteiger partial charge in [0.15, 0.2) is 6.61 Å². The number of aromatic nitrogens is 2. The Morgan fingerprint density at radius 1 is 1.44 bits per heavy atom. The van der Waals surface area contributed by atoms with Crippen molar-refractivity contribution in [1.29, 1.82) is 0 Å². The van der Waals surface area contributed by atoms with Crippen molar-refractivity contribution in [2.45, 2.75) is 26.4 Å². The van der Waals surface area contributed by atoms with Gasteiger partial charge in [-0.25, -0.2) is 4.39 Å². The molecule has 0 saturated carbocycles. The maximum Gasteiger partial charge on any atom is 0.226 e. The molecule has 0 bridgehead atoms. The average Bonchev–Trinajstić information content (AvgIpc) is 2.79. The van der Waals surface area contributed by atoms with Crippen molar-refractivity contribution < 1.29 is 13.7 Å². The lowest BCUT2D eigenvalue weighted by Gasteiger charge is -2.03. The van der Waals surface area contributed by atoms with Crippen LogP contribution < -0.4 is 4.74 Å². The largest absolute Gasteiger partial charge is 0.485 e. The molecule has 0 aliphatic rings. The lowest BCUT2D eigenvalue weighted by Crippen LogP contribution is -1.98. The SMILES string of the molecule is CCCc1nc(COc2ccc(Cl)c(F)c2)no1. The summed E-state index contributed by atoms with van der Waals surface area (Å²) in [6.45, 7) is 2.16. The third kappa shape index (κ3) is 3.20. The quantitative estimate of drug-likeness (QED) is 0.835. The fourth-order valence-corrected chi connectivity index (χ4v) is 1.50. The minimum atomic E-state index is -0.519. The number of rotatable bonds is 5. The van der Waals surface area contributed by atoms with Gasteiger partial charge in [0.2, 0.25) is 11.7 Å². The standard InChI is InChI=1S/C12H12ClFN2O2/c1-2-3-12-15-11(16-18-12)7-17-8-4-5-9(13)10(14)6-8/h4-6H,2-3,7H2,1H3. The van der Waals surface area contributed by atoms with Crippen LogP contribution in [0.1, 0.15) is 25.1 Å². The second-order valence-electron chi connectivity index (χ2n) is 3.72. The van der Waals surface area contributed by atoms with Crippen LogP contribution in [0.4, 0.5) is 4.39 Å². The fraction of sp³-hybridized carbons (Fsp3) is 0.333. The molecule has 1 aromatic heterocycles. The van der Waals surface area contributed by atoms with Crippen molar-refractivity contribution in [3.63, 3.8) is 0 Å². The van der Waals surface area contributed by atoms with E-state index in [0.29, 0.717) is 17.5 Å². The summed E-state index contributed by atoms with van der Waals surface area (Å²) in [4.78, 5) is 4.13. The molecule has 0 fully saturated rings. The monoisotopic (exact) mass is 270 g/mol. The smallest absolute Gasteiger partial charge is 0.226 e. The predicted octanol–water partition coefficient (Wildman–Crippen LogP) is 3.39. The van der Waals surface area contributed by atoms with Gasteiger partial charge in [-0.05, 0) is 18.6 Å². The highest BCUT2D eigenvalue weighted by Crippen LogP contribution is 2.20. The third-order valence-electron chi connectivity index (χ3n) is 2.23. The summed E-state index contributed by atoms with van der Waals surface area (Å²) in [5, 5.41) is 3.82. The van der Waals surface area contributed by atoms with Crippen molar-refractivity contribution in [2.75, 3.05) is 0 Å². The molecule has 18 heavy (non-hydrogen) atoms. The van der Waals surface area contributed by atoms with E-state index in [1.54, 1.807) is 6.07 Å². The predicted molar refractivity (Wildman–Crippen MR) is 64.0 cm³/mol. The van der Waals surface area contributed by atoms with Crippen LogP contribution in [-0.2, 0) is 13.0 Å². The van der Waals surface area contributed by atoms with E-state index in [2.05, 4.69) is 10.1 Å². The van der Waals surface area contributed by atoms with Crippen molar-refractivity contribution in [3.05, 3.63) is 40.8 Å². The molecule has 0 atom stereocenters. The second kappa shape index (κ2) is 5.82. The first kappa shape index (κ1) is 12.8. The Kier molecular flexibility index (Phi) is 4.15. The van der Waals surface area contributed by atoms with Crippen molar-refractivity contribution in [3.8, 4) is 5.75 Å². The van der Waals surface area contributed by atoms with Gasteiger partial charge in [0.1, 0.15) is 11.6 Å². The van der Waals surface area contributed by atoms with Crippen LogP contribution in [-0.4, -0.2) is 10.1 Å². The van der Waals surface area contributed by atoms with E-state index in [9.17, 15) is 4.39 Å². The van der Waals surface area contributed by atoms with Crippen LogP contribution in [0.25, 0.3) is 0 Å². The van der Waals surface area contributed by atoms with Gasteiger partial charge in [-0.1, -0.05) is 23.7 Å². The first-order chi connectivity index (χ1) is 8.69. The highest BCUT2D eigenvalue weighted by atomic mass is 35.5. The van der Waals surface area contributed by atoms with E-state index in [0.717, 1.165) is 12.8 Å². The summed E-state index contributed by atoms with van der Waals surface area (Å²) >= 11 is 5.57. The number of hydrogen-bond donors (Lipinski definition) is 0. The summed E-state index contributed by atoms with van der Waals surface area (Å²) in [6, 6.07) is 4.23. The zero-order chi connectivity index (χ0) is 13.0. The summed E-state index contributed by atoms with van der Waals surface area (Å²) in [5.74, 6) is 0.875. The molecule has 96 valence electrons. The number of ether oxygens (including phenoxy) is 1. The first-order valence-corrected chi connectivity index (χ1v) is 5.96. The number of hydrogen-bond acceptors (Lipinski definition) is 4. The summed E-state index contributed by atoms with van der Waals surface area (Å²) in [5.41, 5.74) is 0. The van der Waals surface area contributed by atoms with Gasteiger partial charge >= 0.3 is 0 Å². The van der Waals surface area contributed by atoms with E-state index in [1.165, 1.54) is 12.1 Å². The third-order valence-corrected chi connectivity index (χ3v) is 2.54. The first-order valence-electron chi connectivity index (χ1n) is 5.58. The Bertz CT molecular complexity index is 531. The highest BCUT2D eigenvalue weighted by molar-refractivity contribution is 6.30. The van der Waals surface area contributed by atoms with Crippen LogP contribution in [0.15, 0.2) is 22.7 Å². The van der Waals surface area contributed by atoms with Crippen molar-refractivity contribution >= 4 is 11.6 Å². The van der Waals surface area contributed by atoms with Gasteiger partial charge < -0.3 is 9.26 Å². The Labute approximate surface area is 109 Å². The molecule has 1 heterocycles. The molecule has 0 radical (unpaired) electrons. The molecular formula is C12H12ClFN2O2. The van der Waals surface area contributed by atoms with E-state index in [1.807, 2.05) is 6.92 Å². The molecule has 0 aliphatic carbocycles. The van der Waals surface area contributed by atoms with Gasteiger partial charge in [0, 0.05) is 12.5 Å². The molecule has 0 unspecified atom stereocenters. The Morgan fingerprint density at radius 2 is 2.28 bits per heavy atom. The number of aryl methyl sites for hydroxylation is 1. The minimum absolute atomic E-state index is 0.0622. The van der Waals surface area contributed by atoms with Crippen molar-refractivity contribution in [1.82, 2.24) is 10.1 Å². The van der Waals surface area contributed by atoms with Gasteiger partial charge in [-0.3, -0.25) is 0 Å². The minimum Gasteiger partial charge on any atom is -0.485 e. The van der Waals surface area contributed by atoms with E-state index in [4.69, 9.17) is 20.9 Å². The Balaban J connectivity index is 1.95. The topological polar surface area (TPSA) is 48.2 Å². The summed E-state index contributed by atoms with van der Waals surface area (Å²) in [7, 11) is 0. The second-order valence-corrected chi connectivity index (χ2v) is 4.13. The van der Waals surface area contributed by atoms with E-state index >= 15 is 0 Å². The van der Waals surface area contributed by atoms with E-state index in [-0.39, 0.29) is 11.6 Å². The molecule has 2 rings (SSSR count). The van der Waals surface area contributed by atoms with Crippen LogP contribution in [0.3, 0.4) is 0 Å². The van der Waals surface area contributed by atoms with Crippen LogP contribution in [0.2, 0.25) is 5.02 Å². The normalized spacial score (nSPS) is 10.6. The molecule has 1 aromatic carbocycles. The molecule has 0 amide bonds. The maximum atomic E-state index is 13.1. The zero-order valence-electron chi connectivity index (χ0n) is 9.82. The van der Waals surface area contributed by atoms with Gasteiger partial charge in [0.25, 0.3) is 0 Å². The molecule has 0 saturated heterocycles.